The Morgan fingerprint density at radius 3 is 2.60 bits per heavy atom. The van der Waals surface area contributed by atoms with Crippen LogP contribution in [-0.2, 0) is 15.5 Å². The van der Waals surface area contributed by atoms with Crippen molar-refractivity contribution in [2.24, 2.45) is 0 Å². The van der Waals surface area contributed by atoms with Crippen LogP contribution in [0.1, 0.15) is 32.8 Å². The molecule has 6 heteroatoms. The summed E-state index contributed by atoms with van der Waals surface area (Å²) < 4.78 is 34.2. The first kappa shape index (κ1) is 15.5. The first-order chi connectivity index (χ1) is 9.13. The summed E-state index contributed by atoms with van der Waals surface area (Å²) in [5.41, 5.74) is 3.17. The summed E-state index contributed by atoms with van der Waals surface area (Å²) >= 11 is 6.06. The molecule has 0 atom stereocenters. The molecule has 0 aromatic heterocycles. The molecule has 0 amide bonds. The molecular formula is C14H18ClNO3S. The van der Waals surface area contributed by atoms with Gasteiger partial charge in [0.25, 0.3) is 0 Å². The van der Waals surface area contributed by atoms with Gasteiger partial charge in [-0.25, -0.2) is 8.42 Å². The molecule has 1 heterocycles. The second kappa shape index (κ2) is 5.13. The highest BCUT2D eigenvalue weighted by Crippen LogP contribution is 2.40. The maximum absolute atomic E-state index is 10.7. The normalized spacial score (nSPS) is 17.4. The van der Waals surface area contributed by atoms with Crippen molar-refractivity contribution in [2.45, 2.75) is 32.6 Å². The third-order valence-corrected chi connectivity index (χ3v) is 5.03. The molecule has 1 aliphatic rings. The van der Waals surface area contributed by atoms with Crippen LogP contribution >= 0.6 is 11.6 Å². The third-order valence-electron chi connectivity index (χ3n) is 4.01. The van der Waals surface area contributed by atoms with Gasteiger partial charge in [-0.2, -0.15) is 4.58 Å². The number of hydrogen-bond donors (Lipinski definition) is 0. The topological polar surface area (TPSA) is 60.2 Å². The Bertz CT molecular complexity index is 678. The molecule has 0 unspecified atom stereocenters. The molecule has 110 valence electrons. The SMILES string of the molecule is CC1=[N+](CCCS(=O)(=O)[O-])c2ccc(Cl)cc2C1(C)C. The monoisotopic (exact) mass is 315 g/mol. The van der Waals surface area contributed by atoms with Crippen molar-refractivity contribution in [3.8, 4) is 0 Å². The van der Waals surface area contributed by atoms with Crippen LogP contribution in [0.4, 0.5) is 5.69 Å². The van der Waals surface area contributed by atoms with E-state index in [1.807, 2.05) is 25.1 Å². The second-order valence-electron chi connectivity index (χ2n) is 5.64. The molecule has 0 saturated heterocycles. The van der Waals surface area contributed by atoms with Gasteiger partial charge in [0.15, 0.2) is 5.71 Å². The maximum atomic E-state index is 10.7. The van der Waals surface area contributed by atoms with Gasteiger partial charge in [0.05, 0.1) is 15.5 Å². The van der Waals surface area contributed by atoms with E-state index in [1.165, 1.54) is 0 Å². The average molecular weight is 316 g/mol. The molecular weight excluding hydrogens is 298 g/mol. The Hall–Kier alpha value is -0.910. The summed E-state index contributed by atoms with van der Waals surface area (Å²) in [5, 5.41) is 0.689. The summed E-state index contributed by atoms with van der Waals surface area (Å²) in [6.45, 7) is 6.77. The van der Waals surface area contributed by atoms with Crippen molar-refractivity contribution >= 4 is 33.1 Å². The van der Waals surface area contributed by atoms with Crippen LogP contribution in [-0.4, -0.2) is 35.6 Å². The average Bonchev–Trinajstić information content (AvgIpc) is 2.49. The highest BCUT2D eigenvalue weighted by atomic mass is 35.5. The van der Waals surface area contributed by atoms with E-state index in [-0.39, 0.29) is 11.2 Å². The zero-order valence-electron chi connectivity index (χ0n) is 11.8. The molecule has 0 saturated carbocycles. The number of halogens is 1. The lowest BCUT2D eigenvalue weighted by atomic mass is 9.82. The summed E-state index contributed by atoms with van der Waals surface area (Å²) in [4.78, 5) is 0. The summed E-state index contributed by atoms with van der Waals surface area (Å²) in [7, 11) is -4.15. The molecule has 0 fully saturated rings. The summed E-state index contributed by atoms with van der Waals surface area (Å²) in [5.74, 6) is -0.333. The van der Waals surface area contributed by atoms with Crippen LogP contribution in [0.3, 0.4) is 0 Å². The number of benzene rings is 1. The van der Waals surface area contributed by atoms with Gasteiger partial charge >= 0.3 is 0 Å². The highest BCUT2D eigenvalue weighted by molar-refractivity contribution is 7.85. The Balaban J connectivity index is 2.32. The third kappa shape index (κ3) is 2.90. The van der Waals surface area contributed by atoms with E-state index < -0.39 is 10.1 Å². The van der Waals surface area contributed by atoms with Crippen LogP contribution < -0.4 is 0 Å². The van der Waals surface area contributed by atoms with Gasteiger partial charge in [-0.05, 0) is 26.0 Å². The van der Waals surface area contributed by atoms with E-state index in [0.717, 1.165) is 17.0 Å². The van der Waals surface area contributed by atoms with Crippen LogP contribution in [0.15, 0.2) is 18.2 Å². The molecule has 4 nitrogen and oxygen atoms in total. The Morgan fingerprint density at radius 1 is 1.35 bits per heavy atom. The van der Waals surface area contributed by atoms with E-state index in [2.05, 4.69) is 18.4 Å². The number of fused-ring (bicyclic) bond motifs is 1. The minimum atomic E-state index is -4.15. The standard InChI is InChI=1S/C14H18ClNO3S/c1-10-14(2,3)12-9-11(15)5-6-13(12)16(10)7-4-8-20(17,18)19/h5-6,9H,4,7-8H2,1-3H3. The van der Waals surface area contributed by atoms with Gasteiger partial charge in [-0.15, -0.1) is 0 Å². The zero-order chi connectivity index (χ0) is 15.1. The van der Waals surface area contributed by atoms with E-state index in [4.69, 9.17) is 11.6 Å². The fourth-order valence-electron chi connectivity index (χ4n) is 2.64. The van der Waals surface area contributed by atoms with E-state index >= 15 is 0 Å². The van der Waals surface area contributed by atoms with E-state index in [0.29, 0.717) is 18.0 Å². The minimum absolute atomic E-state index is 0.142. The van der Waals surface area contributed by atoms with Crippen LogP contribution in [0.2, 0.25) is 5.02 Å². The molecule has 0 aliphatic carbocycles. The van der Waals surface area contributed by atoms with Crippen molar-refractivity contribution in [2.75, 3.05) is 12.3 Å². The zero-order valence-corrected chi connectivity index (χ0v) is 13.4. The lowest BCUT2D eigenvalue weighted by Gasteiger charge is -2.14. The Labute approximate surface area is 124 Å². The quantitative estimate of drug-likeness (QED) is 0.634. The number of hydrogen-bond acceptors (Lipinski definition) is 3. The molecule has 1 aromatic carbocycles. The molecule has 0 N–H and O–H groups in total. The first-order valence-electron chi connectivity index (χ1n) is 6.48. The number of rotatable bonds is 4. The molecule has 20 heavy (non-hydrogen) atoms. The lowest BCUT2D eigenvalue weighted by Crippen LogP contribution is -2.27. The minimum Gasteiger partial charge on any atom is -0.748 e. The highest BCUT2D eigenvalue weighted by Gasteiger charge is 2.42. The van der Waals surface area contributed by atoms with Crippen molar-refractivity contribution in [1.82, 2.24) is 0 Å². The summed E-state index contributed by atoms with van der Waals surface area (Å²) in [6, 6.07) is 5.72. The van der Waals surface area contributed by atoms with Gasteiger partial charge in [-0.3, -0.25) is 0 Å². The fourth-order valence-corrected chi connectivity index (χ4v) is 3.30. The lowest BCUT2D eigenvalue weighted by molar-refractivity contribution is -0.438. The smallest absolute Gasteiger partial charge is 0.209 e. The fraction of sp³-hybridized carbons (Fsp3) is 0.500. The Kier molecular flexibility index (Phi) is 3.97. The van der Waals surface area contributed by atoms with Gasteiger partial charge in [0, 0.05) is 35.7 Å². The Morgan fingerprint density at radius 2 is 2.00 bits per heavy atom. The van der Waals surface area contributed by atoms with Crippen molar-refractivity contribution in [3.05, 3.63) is 28.8 Å². The molecule has 1 aromatic rings. The van der Waals surface area contributed by atoms with Crippen molar-refractivity contribution < 1.29 is 17.5 Å². The van der Waals surface area contributed by atoms with Gasteiger partial charge < -0.3 is 4.55 Å². The second-order valence-corrected chi connectivity index (χ2v) is 7.60. The van der Waals surface area contributed by atoms with Crippen molar-refractivity contribution in [3.63, 3.8) is 0 Å². The first-order valence-corrected chi connectivity index (χ1v) is 8.43. The van der Waals surface area contributed by atoms with Crippen LogP contribution in [0.5, 0.6) is 0 Å². The van der Waals surface area contributed by atoms with Gasteiger partial charge in [0.2, 0.25) is 5.69 Å². The van der Waals surface area contributed by atoms with E-state index in [1.54, 1.807) is 0 Å². The predicted octanol–water partition coefficient (Wildman–Crippen LogP) is 2.67. The van der Waals surface area contributed by atoms with E-state index in [9.17, 15) is 13.0 Å². The maximum Gasteiger partial charge on any atom is 0.209 e. The predicted molar refractivity (Wildman–Crippen MR) is 79.1 cm³/mol. The van der Waals surface area contributed by atoms with Crippen molar-refractivity contribution in [1.29, 1.82) is 0 Å². The van der Waals surface area contributed by atoms with Crippen LogP contribution in [0.25, 0.3) is 0 Å². The van der Waals surface area contributed by atoms with Crippen LogP contribution in [0, 0.1) is 0 Å². The molecule has 2 rings (SSSR count). The molecule has 0 bridgehead atoms. The van der Waals surface area contributed by atoms with Gasteiger partial charge in [-0.1, -0.05) is 11.6 Å². The molecule has 0 spiro atoms. The molecule has 1 aliphatic heterocycles. The largest absolute Gasteiger partial charge is 0.748 e. The molecule has 0 radical (unpaired) electrons. The summed E-state index contributed by atoms with van der Waals surface area (Å²) in [6.07, 6.45) is 0.321. The van der Waals surface area contributed by atoms with Gasteiger partial charge in [0.1, 0.15) is 6.54 Å². The number of nitrogens with zero attached hydrogens (tertiary/aromatic N) is 1.